The van der Waals surface area contributed by atoms with Crippen LogP contribution < -0.4 is 5.32 Å². The summed E-state index contributed by atoms with van der Waals surface area (Å²) in [5.41, 5.74) is 0.468. The number of aryl methyl sites for hydroxylation is 1. The first-order chi connectivity index (χ1) is 8.42. The monoisotopic (exact) mass is 251 g/mol. The summed E-state index contributed by atoms with van der Waals surface area (Å²) in [4.78, 5) is 14.8. The highest BCUT2D eigenvalue weighted by Crippen LogP contribution is 2.32. The Labute approximate surface area is 106 Å². The number of pyridine rings is 1. The fourth-order valence-corrected chi connectivity index (χ4v) is 2.06. The molecular formula is C12H17N3O3. The molecule has 0 spiro atoms. The molecule has 6 heteroatoms. The molecule has 2 rings (SSSR count). The van der Waals surface area contributed by atoms with E-state index < -0.39 is 4.92 Å². The normalized spacial score (nSPS) is 27.2. The predicted octanol–water partition coefficient (Wildman–Crippen LogP) is 2.28. The summed E-state index contributed by atoms with van der Waals surface area (Å²) < 4.78 is 5.50. The number of nitrogens with one attached hydrogen (secondary N) is 1. The van der Waals surface area contributed by atoms with E-state index in [4.69, 9.17) is 4.74 Å². The number of hydrogen-bond acceptors (Lipinski definition) is 5. The molecule has 6 nitrogen and oxygen atoms in total. The van der Waals surface area contributed by atoms with Crippen LogP contribution in [-0.4, -0.2) is 28.2 Å². The molecule has 1 aliphatic rings. The first-order valence-corrected chi connectivity index (χ1v) is 5.93. The highest BCUT2D eigenvalue weighted by Gasteiger charge is 2.38. The van der Waals surface area contributed by atoms with Gasteiger partial charge in [-0.15, -0.1) is 0 Å². The van der Waals surface area contributed by atoms with Crippen molar-refractivity contribution in [2.75, 3.05) is 11.9 Å². The van der Waals surface area contributed by atoms with Gasteiger partial charge in [0.15, 0.2) is 0 Å². The zero-order valence-corrected chi connectivity index (χ0v) is 10.8. The number of nitro groups is 1. The molecule has 1 aromatic heterocycles. The largest absolute Gasteiger partial charge is 0.376 e. The van der Waals surface area contributed by atoms with Gasteiger partial charge < -0.3 is 10.1 Å². The minimum atomic E-state index is -0.411. The average Bonchev–Trinajstić information content (AvgIpc) is 2.61. The summed E-state index contributed by atoms with van der Waals surface area (Å²) in [6.07, 6.45) is 2.43. The third-order valence-corrected chi connectivity index (χ3v) is 3.49. The molecule has 1 aliphatic heterocycles. The first-order valence-electron chi connectivity index (χ1n) is 5.93. The van der Waals surface area contributed by atoms with Crippen molar-refractivity contribution in [2.24, 2.45) is 0 Å². The average molecular weight is 251 g/mol. The van der Waals surface area contributed by atoms with E-state index in [0.717, 1.165) is 12.0 Å². The third kappa shape index (κ3) is 2.28. The number of nitrogens with zero attached hydrogens (tertiary/aromatic N) is 2. The van der Waals surface area contributed by atoms with Crippen molar-refractivity contribution >= 4 is 11.5 Å². The summed E-state index contributed by atoms with van der Waals surface area (Å²) >= 11 is 0. The summed E-state index contributed by atoms with van der Waals surface area (Å²) in [6.45, 7) is 6.40. The number of anilines is 1. The van der Waals surface area contributed by atoms with Gasteiger partial charge in [-0.25, -0.2) is 4.98 Å². The molecule has 2 heterocycles. The molecule has 0 saturated carbocycles. The second-order valence-corrected chi connectivity index (χ2v) is 4.94. The lowest BCUT2D eigenvalue weighted by Gasteiger charge is -2.29. The molecule has 1 N–H and O–H groups in total. The lowest BCUT2D eigenvalue weighted by molar-refractivity contribution is -0.384. The van der Waals surface area contributed by atoms with Gasteiger partial charge in [0.2, 0.25) is 5.82 Å². The van der Waals surface area contributed by atoms with Crippen molar-refractivity contribution in [3.63, 3.8) is 0 Å². The van der Waals surface area contributed by atoms with E-state index in [1.807, 2.05) is 13.8 Å². The number of aromatic nitrogens is 1. The van der Waals surface area contributed by atoms with E-state index in [1.165, 1.54) is 6.07 Å². The second-order valence-electron chi connectivity index (χ2n) is 4.94. The van der Waals surface area contributed by atoms with Crippen molar-refractivity contribution < 1.29 is 9.66 Å². The molecule has 2 unspecified atom stereocenters. The van der Waals surface area contributed by atoms with Crippen LogP contribution in [0.25, 0.3) is 0 Å². The van der Waals surface area contributed by atoms with Gasteiger partial charge in [0.1, 0.15) is 0 Å². The smallest absolute Gasteiger partial charge is 0.311 e. The van der Waals surface area contributed by atoms with Crippen LogP contribution in [0, 0.1) is 17.0 Å². The molecular weight excluding hydrogens is 234 g/mol. The fourth-order valence-electron chi connectivity index (χ4n) is 2.06. The van der Waals surface area contributed by atoms with Crippen LogP contribution in [0.3, 0.4) is 0 Å². The van der Waals surface area contributed by atoms with E-state index in [2.05, 4.69) is 10.3 Å². The van der Waals surface area contributed by atoms with E-state index >= 15 is 0 Å². The standard InChI is InChI=1S/C12H17N3O3/c1-8-6-10(15(16)17)11(13-7-8)14-12(3)4-5-18-9(12)2/h6-7,9H,4-5H2,1-3H3,(H,13,14). The first kappa shape index (κ1) is 12.8. The van der Waals surface area contributed by atoms with Gasteiger partial charge in [0, 0.05) is 18.9 Å². The van der Waals surface area contributed by atoms with Crippen LogP contribution in [0.4, 0.5) is 11.5 Å². The molecule has 2 atom stereocenters. The van der Waals surface area contributed by atoms with Crippen LogP contribution in [0.1, 0.15) is 25.8 Å². The fraction of sp³-hybridized carbons (Fsp3) is 0.583. The maximum Gasteiger partial charge on any atom is 0.311 e. The van der Waals surface area contributed by atoms with Crippen molar-refractivity contribution in [1.29, 1.82) is 0 Å². The Balaban J connectivity index is 2.31. The van der Waals surface area contributed by atoms with Crippen LogP contribution in [-0.2, 0) is 4.74 Å². The van der Waals surface area contributed by atoms with Gasteiger partial charge in [-0.3, -0.25) is 10.1 Å². The zero-order chi connectivity index (χ0) is 13.3. The number of hydrogen-bond donors (Lipinski definition) is 1. The molecule has 1 saturated heterocycles. The molecule has 0 radical (unpaired) electrons. The molecule has 0 amide bonds. The molecule has 0 aliphatic carbocycles. The van der Waals surface area contributed by atoms with Gasteiger partial charge in [-0.1, -0.05) is 0 Å². The zero-order valence-electron chi connectivity index (χ0n) is 10.8. The minimum absolute atomic E-state index is 0.000192. The van der Waals surface area contributed by atoms with E-state index in [0.29, 0.717) is 12.4 Å². The topological polar surface area (TPSA) is 77.3 Å². The van der Waals surface area contributed by atoms with Crippen LogP contribution in [0.5, 0.6) is 0 Å². The lowest BCUT2D eigenvalue weighted by Crippen LogP contribution is -2.41. The maximum absolute atomic E-state index is 11.0. The van der Waals surface area contributed by atoms with Crippen molar-refractivity contribution in [3.8, 4) is 0 Å². The highest BCUT2D eigenvalue weighted by atomic mass is 16.6. The van der Waals surface area contributed by atoms with Crippen molar-refractivity contribution in [1.82, 2.24) is 4.98 Å². The van der Waals surface area contributed by atoms with Crippen molar-refractivity contribution in [2.45, 2.75) is 38.8 Å². The Kier molecular flexibility index (Phi) is 3.21. The minimum Gasteiger partial charge on any atom is -0.376 e. The van der Waals surface area contributed by atoms with Crippen molar-refractivity contribution in [3.05, 3.63) is 27.9 Å². The summed E-state index contributed by atoms with van der Waals surface area (Å²) in [7, 11) is 0. The molecule has 18 heavy (non-hydrogen) atoms. The quantitative estimate of drug-likeness (QED) is 0.658. The number of rotatable bonds is 3. The third-order valence-electron chi connectivity index (χ3n) is 3.49. The lowest BCUT2D eigenvalue weighted by atomic mass is 9.94. The Hall–Kier alpha value is -1.69. The van der Waals surface area contributed by atoms with Gasteiger partial charge >= 0.3 is 5.69 Å². The van der Waals surface area contributed by atoms with E-state index in [9.17, 15) is 10.1 Å². The van der Waals surface area contributed by atoms with Gasteiger partial charge in [-0.2, -0.15) is 0 Å². The Morgan fingerprint density at radius 1 is 1.67 bits per heavy atom. The maximum atomic E-state index is 11.0. The summed E-state index contributed by atoms with van der Waals surface area (Å²) in [5, 5.41) is 14.2. The van der Waals surface area contributed by atoms with E-state index in [-0.39, 0.29) is 17.3 Å². The van der Waals surface area contributed by atoms with Gasteiger partial charge in [-0.05, 0) is 32.8 Å². The highest BCUT2D eigenvalue weighted by molar-refractivity contribution is 5.58. The van der Waals surface area contributed by atoms with Crippen LogP contribution >= 0.6 is 0 Å². The summed E-state index contributed by atoms with van der Waals surface area (Å²) in [6, 6.07) is 1.53. The van der Waals surface area contributed by atoms with Gasteiger partial charge in [0.25, 0.3) is 0 Å². The molecule has 0 aromatic carbocycles. The summed E-state index contributed by atoms with van der Waals surface area (Å²) in [5.74, 6) is 0.311. The van der Waals surface area contributed by atoms with E-state index in [1.54, 1.807) is 13.1 Å². The Bertz CT molecular complexity index is 478. The van der Waals surface area contributed by atoms with Crippen LogP contribution in [0.2, 0.25) is 0 Å². The van der Waals surface area contributed by atoms with Crippen LogP contribution in [0.15, 0.2) is 12.3 Å². The Morgan fingerprint density at radius 3 is 2.94 bits per heavy atom. The molecule has 1 fully saturated rings. The van der Waals surface area contributed by atoms with Gasteiger partial charge in [0.05, 0.1) is 16.6 Å². The Morgan fingerprint density at radius 2 is 2.39 bits per heavy atom. The molecule has 0 bridgehead atoms. The SMILES string of the molecule is Cc1cnc(NC2(C)CCOC2C)c([N+](=O)[O-])c1. The predicted molar refractivity (Wildman–Crippen MR) is 67.7 cm³/mol. The molecule has 98 valence electrons. The number of ether oxygens (including phenoxy) is 1. The molecule has 1 aromatic rings. The second kappa shape index (κ2) is 4.53.